The van der Waals surface area contributed by atoms with Crippen LogP contribution >= 0.6 is 0 Å². The van der Waals surface area contributed by atoms with E-state index in [2.05, 4.69) is 4.99 Å². The van der Waals surface area contributed by atoms with Gasteiger partial charge in [0.25, 0.3) is 0 Å². The standard InChI is InChI=1S/C15H17F2NO/c1-14(16,17)10-12-6-2-3-7-13(12)15(18-11-19)8-4-5-9-15/h2-3,6-7H,4-5,8-10H2,1H3. The highest BCUT2D eigenvalue weighted by molar-refractivity contribution is 5.42. The van der Waals surface area contributed by atoms with Crippen molar-refractivity contribution in [3.05, 3.63) is 35.4 Å². The molecule has 102 valence electrons. The van der Waals surface area contributed by atoms with Crippen LogP contribution in [-0.2, 0) is 16.8 Å². The first-order chi connectivity index (χ1) is 8.97. The van der Waals surface area contributed by atoms with E-state index in [9.17, 15) is 13.6 Å². The van der Waals surface area contributed by atoms with E-state index in [0.29, 0.717) is 5.56 Å². The van der Waals surface area contributed by atoms with Crippen molar-refractivity contribution in [2.45, 2.75) is 50.5 Å². The number of alkyl halides is 2. The Morgan fingerprint density at radius 1 is 1.32 bits per heavy atom. The average Bonchev–Trinajstić information content (AvgIpc) is 2.78. The third kappa shape index (κ3) is 3.07. The van der Waals surface area contributed by atoms with Gasteiger partial charge in [0, 0.05) is 6.42 Å². The van der Waals surface area contributed by atoms with E-state index in [1.54, 1.807) is 18.2 Å². The lowest BCUT2D eigenvalue weighted by molar-refractivity contribution is 0.0222. The first-order valence-corrected chi connectivity index (χ1v) is 6.52. The second-order valence-electron chi connectivity index (χ2n) is 5.35. The van der Waals surface area contributed by atoms with Gasteiger partial charge in [-0.1, -0.05) is 37.1 Å². The number of carbonyl (C=O) groups excluding carboxylic acids is 1. The number of hydrogen-bond donors (Lipinski definition) is 0. The molecule has 1 fully saturated rings. The summed E-state index contributed by atoms with van der Waals surface area (Å²) in [5.74, 6) is -2.76. The summed E-state index contributed by atoms with van der Waals surface area (Å²) in [6.07, 6.45) is 4.69. The molecule has 0 radical (unpaired) electrons. The molecular formula is C15H17F2NO. The molecule has 0 bridgehead atoms. The minimum absolute atomic E-state index is 0.320. The SMILES string of the molecule is CC(F)(F)Cc1ccccc1C1(N=C=O)CCCC1. The van der Waals surface area contributed by atoms with E-state index >= 15 is 0 Å². The third-order valence-electron chi connectivity index (χ3n) is 3.71. The molecule has 0 N–H and O–H groups in total. The molecule has 1 aromatic carbocycles. The van der Waals surface area contributed by atoms with Gasteiger partial charge in [0.1, 0.15) is 0 Å². The van der Waals surface area contributed by atoms with Crippen molar-refractivity contribution >= 4 is 6.08 Å². The Labute approximate surface area is 111 Å². The van der Waals surface area contributed by atoms with Gasteiger partial charge in [-0.25, -0.2) is 13.6 Å². The summed E-state index contributed by atoms with van der Waals surface area (Å²) in [5, 5.41) is 0. The van der Waals surface area contributed by atoms with Crippen molar-refractivity contribution in [3.63, 3.8) is 0 Å². The highest BCUT2D eigenvalue weighted by Crippen LogP contribution is 2.44. The molecule has 2 nitrogen and oxygen atoms in total. The fraction of sp³-hybridized carbons (Fsp3) is 0.533. The van der Waals surface area contributed by atoms with Crippen LogP contribution in [0.25, 0.3) is 0 Å². The van der Waals surface area contributed by atoms with Crippen LogP contribution in [0, 0.1) is 0 Å². The number of halogens is 2. The monoisotopic (exact) mass is 265 g/mol. The molecule has 0 spiro atoms. The Morgan fingerprint density at radius 3 is 2.53 bits per heavy atom. The minimum atomic E-state index is -2.76. The normalized spacial score (nSPS) is 18.1. The van der Waals surface area contributed by atoms with Gasteiger partial charge in [-0.05, 0) is 30.9 Å². The molecule has 0 saturated heterocycles. The van der Waals surface area contributed by atoms with Crippen LogP contribution in [0.15, 0.2) is 29.3 Å². The molecule has 2 rings (SSSR count). The number of nitrogens with zero attached hydrogens (tertiary/aromatic N) is 1. The lowest BCUT2D eigenvalue weighted by Crippen LogP contribution is -2.24. The van der Waals surface area contributed by atoms with Crippen molar-refractivity contribution in [1.29, 1.82) is 0 Å². The number of rotatable bonds is 4. The summed E-state index contributed by atoms with van der Waals surface area (Å²) in [4.78, 5) is 14.7. The molecule has 19 heavy (non-hydrogen) atoms. The Balaban J connectivity index is 2.46. The molecule has 4 heteroatoms. The third-order valence-corrected chi connectivity index (χ3v) is 3.71. The van der Waals surface area contributed by atoms with E-state index < -0.39 is 11.5 Å². The van der Waals surface area contributed by atoms with Crippen LogP contribution in [0.5, 0.6) is 0 Å². The van der Waals surface area contributed by atoms with Crippen molar-refractivity contribution in [2.75, 3.05) is 0 Å². The summed E-state index contributed by atoms with van der Waals surface area (Å²) in [6, 6.07) is 7.07. The maximum Gasteiger partial charge on any atom is 0.249 e. The van der Waals surface area contributed by atoms with Crippen LogP contribution in [-0.4, -0.2) is 12.0 Å². The average molecular weight is 265 g/mol. The largest absolute Gasteiger partial charge is 0.249 e. The second-order valence-corrected chi connectivity index (χ2v) is 5.35. The Bertz CT molecular complexity index is 495. The molecule has 1 aliphatic carbocycles. The fourth-order valence-corrected chi connectivity index (χ4v) is 2.95. The number of isocyanates is 1. The summed E-state index contributed by atoms with van der Waals surface area (Å²) >= 11 is 0. The highest BCUT2D eigenvalue weighted by atomic mass is 19.3. The van der Waals surface area contributed by atoms with Crippen LogP contribution in [0.4, 0.5) is 8.78 Å². The fourth-order valence-electron chi connectivity index (χ4n) is 2.95. The van der Waals surface area contributed by atoms with Crippen LogP contribution in [0.2, 0.25) is 0 Å². The lowest BCUT2D eigenvalue weighted by Gasteiger charge is -2.26. The van der Waals surface area contributed by atoms with Gasteiger partial charge in [-0.3, -0.25) is 0 Å². The number of benzene rings is 1. The molecule has 1 aromatic rings. The molecule has 0 aromatic heterocycles. The molecule has 0 aliphatic heterocycles. The van der Waals surface area contributed by atoms with E-state index in [-0.39, 0.29) is 6.42 Å². The predicted octanol–water partition coefficient (Wildman–Crippen LogP) is 3.99. The molecule has 0 atom stereocenters. The van der Waals surface area contributed by atoms with Gasteiger partial charge in [0.05, 0.1) is 5.54 Å². The van der Waals surface area contributed by atoms with E-state index in [1.807, 2.05) is 12.1 Å². The highest BCUT2D eigenvalue weighted by Gasteiger charge is 2.38. The van der Waals surface area contributed by atoms with Gasteiger partial charge in [-0.15, -0.1) is 0 Å². The Hall–Kier alpha value is -1.54. The number of aliphatic imine (C=N–C) groups is 1. The summed E-state index contributed by atoms with van der Waals surface area (Å²) in [6.45, 7) is 0.911. The summed E-state index contributed by atoms with van der Waals surface area (Å²) in [5.41, 5.74) is 0.706. The van der Waals surface area contributed by atoms with Gasteiger partial charge < -0.3 is 0 Å². The second kappa shape index (κ2) is 5.22. The molecule has 1 aliphatic rings. The van der Waals surface area contributed by atoms with Gasteiger partial charge >= 0.3 is 0 Å². The summed E-state index contributed by atoms with van der Waals surface area (Å²) < 4.78 is 26.6. The molecule has 0 amide bonds. The summed E-state index contributed by atoms with van der Waals surface area (Å²) in [7, 11) is 0. The van der Waals surface area contributed by atoms with Crippen LogP contribution < -0.4 is 0 Å². The van der Waals surface area contributed by atoms with E-state index in [0.717, 1.165) is 38.2 Å². The number of hydrogen-bond acceptors (Lipinski definition) is 2. The van der Waals surface area contributed by atoms with E-state index in [4.69, 9.17) is 0 Å². The zero-order chi connectivity index (χ0) is 13.9. The van der Waals surface area contributed by atoms with Gasteiger partial charge in [0.2, 0.25) is 12.0 Å². The molecular weight excluding hydrogens is 248 g/mol. The maximum absolute atomic E-state index is 13.3. The molecule has 1 saturated carbocycles. The maximum atomic E-state index is 13.3. The molecule has 0 unspecified atom stereocenters. The first-order valence-electron chi connectivity index (χ1n) is 6.52. The van der Waals surface area contributed by atoms with E-state index in [1.165, 1.54) is 0 Å². The van der Waals surface area contributed by atoms with Gasteiger partial charge in [0.15, 0.2) is 0 Å². The first kappa shape index (κ1) is 13.9. The Kier molecular flexibility index (Phi) is 3.81. The van der Waals surface area contributed by atoms with Crippen molar-refractivity contribution in [1.82, 2.24) is 0 Å². The van der Waals surface area contributed by atoms with Crippen LogP contribution in [0.1, 0.15) is 43.7 Å². The van der Waals surface area contributed by atoms with Gasteiger partial charge in [-0.2, -0.15) is 4.99 Å². The van der Waals surface area contributed by atoms with Crippen molar-refractivity contribution < 1.29 is 13.6 Å². The quantitative estimate of drug-likeness (QED) is 0.598. The smallest absolute Gasteiger partial charge is 0.211 e. The molecule has 0 heterocycles. The predicted molar refractivity (Wildman–Crippen MR) is 69.0 cm³/mol. The topological polar surface area (TPSA) is 29.4 Å². The van der Waals surface area contributed by atoms with Crippen LogP contribution in [0.3, 0.4) is 0 Å². The lowest BCUT2D eigenvalue weighted by atomic mass is 9.84. The van der Waals surface area contributed by atoms with Crippen molar-refractivity contribution in [3.8, 4) is 0 Å². The zero-order valence-corrected chi connectivity index (χ0v) is 11.0. The Morgan fingerprint density at radius 2 is 1.95 bits per heavy atom. The zero-order valence-electron chi connectivity index (χ0n) is 11.0. The minimum Gasteiger partial charge on any atom is -0.211 e. The van der Waals surface area contributed by atoms with Crippen molar-refractivity contribution in [2.24, 2.45) is 4.99 Å².